The van der Waals surface area contributed by atoms with Gasteiger partial charge in [-0.05, 0) is 29.7 Å². The van der Waals surface area contributed by atoms with Gasteiger partial charge >= 0.3 is 0 Å². The maximum Gasteiger partial charge on any atom is 0.133 e. The van der Waals surface area contributed by atoms with Crippen molar-refractivity contribution in [3.63, 3.8) is 0 Å². The Morgan fingerprint density at radius 3 is 2.90 bits per heavy atom. The lowest BCUT2D eigenvalue weighted by Gasteiger charge is -2.09. The molecule has 2 aromatic heterocycles. The molecule has 3 aromatic rings. The summed E-state index contributed by atoms with van der Waals surface area (Å²) in [5.41, 5.74) is 1.07. The van der Waals surface area contributed by atoms with Gasteiger partial charge in [0.25, 0.3) is 0 Å². The van der Waals surface area contributed by atoms with Crippen LogP contribution in [0.4, 0.5) is 5.82 Å². The zero-order valence-corrected chi connectivity index (χ0v) is 12.2. The maximum absolute atomic E-state index is 5.29. The number of aryl methyl sites for hydroxylation is 1. The lowest BCUT2D eigenvalue weighted by molar-refractivity contribution is 0.415. The van der Waals surface area contributed by atoms with Crippen LogP contribution in [0.2, 0.25) is 0 Å². The Hall–Kier alpha value is -2.56. The molecule has 0 spiro atoms. The van der Waals surface area contributed by atoms with Gasteiger partial charge in [0.05, 0.1) is 12.8 Å². The highest BCUT2D eigenvalue weighted by Crippen LogP contribution is 2.25. The molecule has 0 aliphatic heterocycles. The lowest BCUT2D eigenvalue weighted by Crippen LogP contribution is -2.07. The topological polar surface area (TPSA) is 52.0 Å². The zero-order valence-electron chi connectivity index (χ0n) is 12.2. The molecule has 1 N–H and O–H groups in total. The summed E-state index contributed by atoms with van der Waals surface area (Å²) in [6.07, 6.45) is 4.64. The summed E-state index contributed by atoms with van der Waals surface area (Å²) >= 11 is 0. The number of fused-ring (bicyclic) bond motifs is 1. The molecule has 0 aliphatic carbocycles. The molecule has 0 bridgehead atoms. The van der Waals surface area contributed by atoms with Gasteiger partial charge in [-0.3, -0.25) is 4.68 Å². The minimum Gasteiger partial charge on any atom is -0.497 e. The Balaban J connectivity index is 1.76. The van der Waals surface area contributed by atoms with Crippen LogP contribution in [0.5, 0.6) is 5.75 Å². The molecule has 0 saturated carbocycles. The molecule has 1 aromatic carbocycles. The lowest BCUT2D eigenvalue weighted by atomic mass is 10.1. The average molecular weight is 282 g/mol. The first-order valence-electron chi connectivity index (χ1n) is 6.91. The predicted octanol–water partition coefficient (Wildman–Crippen LogP) is 2.63. The van der Waals surface area contributed by atoms with Crippen LogP contribution in [-0.4, -0.2) is 28.4 Å². The molecule has 0 aliphatic rings. The van der Waals surface area contributed by atoms with Gasteiger partial charge in [-0.25, -0.2) is 4.98 Å². The Morgan fingerprint density at radius 1 is 1.24 bits per heavy atom. The van der Waals surface area contributed by atoms with E-state index in [1.54, 1.807) is 7.11 Å². The van der Waals surface area contributed by atoms with E-state index < -0.39 is 0 Å². The smallest absolute Gasteiger partial charge is 0.133 e. The number of methoxy groups -OCH3 is 1. The summed E-state index contributed by atoms with van der Waals surface area (Å²) < 4.78 is 7.10. The summed E-state index contributed by atoms with van der Waals surface area (Å²) in [6, 6.07) is 10.0. The molecule has 0 atom stereocenters. The van der Waals surface area contributed by atoms with E-state index in [0.29, 0.717) is 0 Å². The second-order valence-corrected chi connectivity index (χ2v) is 4.90. The van der Waals surface area contributed by atoms with Crippen molar-refractivity contribution in [1.82, 2.24) is 14.8 Å². The minimum atomic E-state index is 0.792. The monoisotopic (exact) mass is 282 g/mol. The van der Waals surface area contributed by atoms with Crippen molar-refractivity contribution in [3.05, 3.63) is 48.4 Å². The fraction of sp³-hybridized carbons (Fsp3) is 0.250. The minimum absolute atomic E-state index is 0.792. The molecule has 5 nitrogen and oxygen atoms in total. The van der Waals surface area contributed by atoms with Gasteiger partial charge in [-0.2, -0.15) is 5.10 Å². The van der Waals surface area contributed by atoms with Gasteiger partial charge in [0.15, 0.2) is 0 Å². The predicted molar refractivity (Wildman–Crippen MR) is 83.7 cm³/mol. The Labute approximate surface area is 123 Å². The van der Waals surface area contributed by atoms with Crippen LogP contribution in [-0.2, 0) is 13.5 Å². The van der Waals surface area contributed by atoms with Gasteiger partial charge in [0, 0.05) is 37.8 Å². The first-order chi connectivity index (χ1) is 10.3. The van der Waals surface area contributed by atoms with Crippen LogP contribution in [0.3, 0.4) is 0 Å². The average Bonchev–Trinajstić information content (AvgIpc) is 2.92. The molecule has 0 unspecified atom stereocenters. The number of benzene rings is 1. The van der Waals surface area contributed by atoms with Crippen molar-refractivity contribution < 1.29 is 4.74 Å². The highest BCUT2D eigenvalue weighted by Gasteiger charge is 2.04. The third kappa shape index (κ3) is 2.97. The van der Waals surface area contributed by atoms with Gasteiger partial charge in [0.2, 0.25) is 0 Å². The molecular formula is C16H18N4O. The Kier molecular flexibility index (Phi) is 3.73. The van der Waals surface area contributed by atoms with E-state index in [0.717, 1.165) is 41.0 Å². The van der Waals surface area contributed by atoms with E-state index in [9.17, 15) is 0 Å². The number of hydrogen-bond acceptors (Lipinski definition) is 4. The van der Waals surface area contributed by atoms with Crippen molar-refractivity contribution in [2.24, 2.45) is 7.05 Å². The number of anilines is 1. The van der Waals surface area contributed by atoms with Crippen LogP contribution in [0.15, 0.2) is 42.7 Å². The highest BCUT2D eigenvalue weighted by molar-refractivity contribution is 5.92. The van der Waals surface area contributed by atoms with E-state index in [1.807, 2.05) is 54.5 Å². The summed E-state index contributed by atoms with van der Waals surface area (Å²) in [5, 5.41) is 9.96. The van der Waals surface area contributed by atoms with E-state index in [4.69, 9.17) is 4.74 Å². The van der Waals surface area contributed by atoms with Gasteiger partial charge < -0.3 is 10.1 Å². The fourth-order valence-electron chi connectivity index (χ4n) is 2.32. The third-order valence-corrected chi connectivity index (χ3v) is 3.42. The number of pyridine rings is 1. The largest absolute Gasteiger partial charge is 0.497 e. The molecule has 21 heavy (non-hydrogen) atoms. The number of rotatable bonds is 5. The maximum atomic E-state index is 5.29. The van der Waals surface area contributed by atoms with Crippen molar-refractivity contribution in [2.45, 2.75) is 6.42 Å². The van der Waals surface area contributed by atoms with Crippen LogP contribution in [0.25, 0.3) is 10.8 Å². The van der Waals surface area contributed by atoms with E-state index in [-0.39, 0.29) is 0 Å². The first kappa shape index (κ1) is 13.4. The Bertz CT molecular complexity index is 751. The molecule has 0 fully saturated rings. The summed E-state index contributed by atoms with van der Waals surface area (Å²) in [5.74, 6) is 1.71. The zero-order chi connectivity index (χ0) is 14.7. The molecule has 2 heterocycles. The quantitative estimate of drug-likeness (QED) is 0.781. The van der Waals surface area contributed by atoms with Crippen molar-refractivity contribution in [1.29, 1.82) is 0 Å². The molecular weight excluding hydrogens is 264 g/mol. The van der Waals surface area contributed by atoms with Crippen LogP contribution < -0.4 is 10.1 Å². The summed E-state index contributed by atoms with van der Waals surface area (Å²) in [4.78, 5) is 4.43. The van der Waals surface area contributed by atoms with Gasteiger partial charge in [0.1, 0.15) is 11.6 Å². The molecule has 5 heteroatoms. The standard InChI is InChI=1S/C16H18N4O/c1-20-10-7-13(19-20)6-9-18-16-15-11-14(21-2)4-3-12(15)5-8-17-16/h3-5,7-8,10-11H,6,9H2,1-2H3,(H,17,18). The number of nitrogens with zero attached hydrogens (tertiary/aromatic N) is 3. The molecule has 0 amide bonds. The highest BCUT2D eigenvalue weighted by atomic mass is 16.5. The van der Waals surface area contributed by atoms with Crippen molar-refractivity contribution in [2.75, 3.05) is 19.0 Å². The second-order valence-electron chi connectivity index (χ2n) is 4.90. The van der Waals surface area contributed by atoms with Crippen LogP contribution in [0, 0.1) is 0 Å². The number of nitrogens with one attached hydrogen (secondary N) is 1. The number of hydrogen-bond donors (Lipinski definition) is 1. The SMILES string of the molecule is COc1ccc2ccnc(NCCc3ccn(C)n3)c2c1. The van der Waals surface area contributed by atoms with E-state index in [2.05, 4.69) is 15.4 Å². The van der Waals surface area contributed by atoms with Gasteiger partial charge in [-0.15, -0.1) is 0 Å². The van der Waals surface area contributed by atoms with Crippen molar-refractivity contribution >= 4 is 16.6 Å². The fourth-order valence-corrected chi connectivity index (χ4v) is 2.32. The normalized spacial score (nSPS) is 10.8. The number of aromatic nitrogens is 3. The Morgan fingerprint density at radius 2 is 2.14 bits per heavy atom. The van der Waals surface area contributed by atoms with Crippen LogP contribution in [0.1, 0.15) is 5.69 Å². The van der Waals surface area contributed by atoms with E-state index in [1.165, 1.54) is 0 Å². The van der Waals surface area contributed by atoms with Crippen LogP contribution >= 0.6 is 0 Å². The second kappa shape index (κ2) is 5.83. The molecule has 108 valence electrons. The third-order valence-electron chi connectivity index (χ3n) is 3.42. The summed E-state index contributed by atoms with van der Waals surface area (Å²) in [7, 11) is 3.60. The molecule has 0 saturated heterocycles. The van der Waals surface area contributed by atoms with E-state index >= 15 is 0 Å². The number of ether oxygens (including phenoxy) is 1. The summed E-state index contributed by atoms with van der Waals surface area (Å²) in [6.45, 7) is 0.792. The molecule has 0 radical (unpaired) electrons. The van der Waals surface area contributed by atoms with Gasteiger partial charge in [-0.1, -0.05) is 6.07 Å². The first-order valence-corrected chi connectivity index (χ1v) is 6.91. The van der Waals surface area contributed by atoms with Crippen molar-refractivity contribution in [3.8, 4) is 5.75 Å². The molecule has 3 rings (SSSR count).